The van der Waals surface area contributed by atoms with Gasteiger partial charge in [0.05, 0.1) is 12.2 Å². The third kappa shape index (κ3) is 5.43. The van der Waals surface area contributed by atoms with Gasteiger partial charge in [0.1, 0.15) is 0 Å². The van der Waals surface area contributed by atoms with E-state index in [1.807, 2.05) is 12.3 Å². The molecule has 23 heavy (non-hydrogen) atoms. The number of aryl methyl sites for hydroxylation is 2. The number of nitrogens with zero attached hydrogens (tertiary/aromatic N) is 2. The Balaban J connectivity index is 1.85. The van der Waals surface area contributed by atoms with Crippen molar-refractivity contribution < 1.29 is 0 Å². The van der Waals surface area contributed by atoms with Crippen LogP contribution in [0.4, 0.5) is 0 Å². The van der Waals surface area contributed by atoms with Crippen molar-refractivity contribution in [3.05, 3.63) is 53.3 Å². The molecule has 0 bridgehead atoms. The topological polar surface area (TPSA) is 65.1 Å². The van der Waals surface area contributed by atoms with Gasteiger partial charge in [-0.05, 0) is 44.7 Å². The molecule has 5 heteroatoms. The van der Waals surface area contributed by atoms with Crippen LogP contribution in [0.3, 0.4) is 0 Å². The maximum Gasteiger partial charge on any atom is 0.191 e. The monoisotopic (exact) mass is 313 g/mol. The molecule has 1 aromatic heterocycles. The molecule has 3 N–H and O–H groups in total. The van der Waals surface area contributed by atoms with Crippen molar-refractivity contribution in [1.82, 2.24) is 20.8 Å². The lowest BCUT2D eigenvalue weighted by molar-refractivity contribution is 0.683. The molecule has 0 fully saturated rings. The van der Waals surface area contributed by atoms with Crippen molar-refractivity contribution in [1.29, 1.82) is 0 Å². The predicted molar refractivity (Wildman–Crippen MR) is 95.6 cm³/mol. The average Bonchev–Trinajstić information content (AvgIpc) is 2.97. The minimum Gasteiger partial charge on any atom is -0.357 e. The highest BCUT2D eigenvalue weighted by Gasteiger charge is 2.07. The van der Waals surface area contributed by atoms with Crippen molar-refractivity contribution >= 4 is 5.96 Å². The summed E-state index contributed by atoms with van der Waals surface area (Å²) < 4.78 is 0. The van der Waals surface area contributed by atoms with E-state index in [0.717, 1.165) is 37.6 Å². The van der Waals surface area contributed by atoms with Crippen LogP contribution in [0.15, 0.2) is 41.5 Å². The lowest BCUT2D eigenvalue weighted by Crippen LogP contribution is -2.38. The van der Waals surface area contributed by atoms with Crippen molar-refractivity contribution in [3.8, 4) is 0 Å². The Morgan fingerprint density at radius 1 is 1.30 bits per heavy atom. The van der Waals surface area contributed by atoms with Crippen LogP contribution in [0.25, 0.3) is 0 Å². The van der Waals surface area contributed by atoms with Gasteiger partial charge in [0.25, 0.3) is 0 Å². The zero-order valence-electron chi connectivity index (χ0n) is 14.3. The van der Waals surface area contributed by atoms with Crippen molar-refractivity contribution in [3.63, 3.8) is 0 Å². The summed E-state index contributed by atoms with van der Waals surface area (Å²) in [5.41, 5.74) is 3.68. The van der Waals surface area contributed by atoms with Crippen LogP contribution < -0.4 is 10.6 Å². The number of aliphatic imine (C=N–C) groups is 1. The van der Waals surface area contributed by atoms with E-state index in [1.54, 1.807) is 0 Å². The van der Waals surface area contributed by atoms with Gasteiger partial charge in [0, 0.05) is 18.8 Å². The largest absolute Gasteiger partial charge is 0.357 e. The summed E-state index contributed by atoms with van der Waals surface area (Å²) in [6, 6.07) is 10.6. The molecule has 0 radical (unpaired) electrons. The van der Waals surface area contributed by atoms with E-state index < -0.39 is 0 Å². The summed E-state index contributed by atoms with van der Waals surface area (Å²) in [4.78, 5) is 4.67. The van der Waals surface area contributed by atoms with Crippen molar-refractivity contribution in [2.24, 2.45) is 4.99 Å². The standard InChI is InChI=1S/C18H27N5/c1-4-19-18(22-14(2)16-9-6-5-7-10-16)20-12-8-11-17-13-21-23-15(17)3/h5-7,9-10,13-14H,4,8,11-12H2,1-3H3,(H,21,23)(H2,19,20,22). The molecule has 2 aromatic rings. The molecule has 0 spiro atoms. The molecule has 1 unspecified atom stereocenters. The maximum atomic E-state index is 4.67. The second-order valence-electron chi connectivity index (χ2n) is 5.66. The highest BCUT2D eigenvalue weighted by molar-refractivity contribution is 5.80. The van der Waals surface area contributed by atoms with E-state index in [4.69, 9.17) is 0 Å². The van der Waals surface area contributed by atoms with Crippen molar-refractivity contribution in [2.45, 2.75) is 39.7 Å². The summed E-state index contributed by atoms with van der Waals surface area (Å²) in [6.45, 7) is 7.94. The summed E-state index contributed by atoms with van der Waals surface area (Å²) in [5.74, 6) is 0.868. The fourth-order valence-electron chi connectivity index (χ4n) is 2.44. The van der Waals surface area contributed by atoms with Crippen LogP contribution in [0.5, 0.6) is 0 Å². The minimum absolute atomic E-state index is 0.227. The third-order valence-corrected chi connectivity index (χ3v) is 3.81. The minimum atomic E-state index is 0.227. The first-order chi connectivity index (χ1) is 11.2. The van der Waals surface area contributed by atoms with E-state index in [9.17, 15) is 0 Å². The quantitative estimate of drug-likeness (QED) is 0.418. The summed E-state index contributed by atoms with van der Waals surface area (Å²) in [6.07, 6.45) is 3.91. The molecule has 0 saturated heterocycles. The molecule has 0 amide bonds. The van der Waals surface area contributed by atoms with Crippen molar-refractivity contribution in [2.75, 3.05) is 13.1 Å². The Morgan fingerprint density at radius 3 is 2.74 bits per heavy atom. The molecular formula is C18H27N5. The van der Waals surface area contributed by atoms with Gasteiger partial charge in [-0.3, -0.25) is 10.1 Å². The number of nitrogens with one attached hydrogen (secondary N) is 3. The van der Waals surface area contributed by atoms with Crippen LogP contribution in [0.2, 0.25) is 0 Å². The number of H-pyrrole nitrogens is 1. The molecule has 0 aliphatic heterocycles. The lowest BCUT2D eigenvalue weighted by Gasteiger charge is -2.18. The van der Waals surface area contributed by atoms with E-state index >= 15 is 0 Å². The van der Waals surface area contributed by atoms with E-state index in [1.165, 1.54) is 11.1 Å². The van der Waals surface area contributed by atoms with Gasteiger partial charge in [-0.2, -0.15) is 5.10 Å². The third-order valence-electron chi connectivity index (χ3n) is 3.81. The van der Waals surface area contributed by atoms with Crippen LogP contribution in [0, 0.1) is 6.92 Å². The van der Waals surface area contributed by atoms with Gasteiger partial charge < -0.3 is 10.6 Å². The Labute approximate surface area is 138 Å². The molecule has 124 valence electrons. The summed E-state index contributed by atoms with van der Waals surface area (Å²) in [5, 5.41) is 13.8. The maximum absolute atomic E-state index is 4.67. The smallest absolute Gasteiger partial charge is 0.191 e. The number of rotatable bonds is 7. The SMILES string of the molecule is CCNC(=NCCCc1cn[nH]c1C)NC(C)c1ccccc1. The van der Waals surface area contributed by atoms with Gasteiger partial charge in [-0.15, -0.1) is 0 Å². The number of hydrogen-bond donors (Lipinski definition) is 3. The number of benzene rings is 1. The molecule has 0 aliphatic rings. The van der Waals surface area contributed by atoms with E-state index in [0.29, 0.717) is 0 Å². The highest BCUT2D eigenvalue weighted by atomic mass is 15.2. The molecule has 0 aliphatic carbocycles. The Bertz CT molecular complexity index is 603. The van der Waals surface area contributed by atoms with Gasteiger partial charge in [-0.25, -0.2) is 0 Å². The second-order valence-corrected chi connectivity index (χ2v) is 5.66. The summed E-state index contributed by atoms with van der Waals surface area (Å²) >= 11 is 0. The molecule has 2 rings (SSSR count). The van der Waals surface area contributed by atoms with Crippen LogP contribution in [0.1, 0.15) is 43.1 Å². The Hall–Kier alpha value is -2.30. The molecular weight excluding hydrogens is 286 g/mol. The number of aromatic amines is 1. The zero-order chi connectivity index (χ0) is 16.5. The normalized spacial score (nSPS) is 12.9. The fraction of sp³-hybridized carbons (Fsp3) is 0.444. The van der Waals surface area contributed by atoms with Gasteiger partial charge >= 0.3 is 0 Å². The number of hydrogen-bond acceptors (Lipinski definition) is 2. The molecule has 5 nitrogen and oxygen atoms in total. The van der Waals surface area contributed by atoms with E-state index in [-0.39, 0.29) is 6.04 Å². The van der Waals surface area contributed by atoms with Crippen LogP contribution in [-0.2, 0) is 6.42 Å². The Morgan fingerprint density at radius 2 is 2.09 bits per heavy atom. The van der Waals surface area contributed by atoms with Gasteiger partial charge in [-0.1, -0.05) is 30.3 Å². The Kier molecular flexibility index (Phi) is 6.66. The number of aromatic nitrogens is 2. The molecule has 0 saturated carbocycles. The average molecular weight is 313 g/mol. The fourth-order valence-corrected chi connectivity index (χ4v) is 2.44. The van der Waals surface area contributed by atoms with Gasteiger partial charge in [0.2, 0.25) is 0 Å². The first-order valence-electron chi connectivity index (χ1n) is 8.29. The van der Waals surface area contributed by atoms with Crippen LogP contribution in [-0.4, -0.2) is 29.2 Å². The first kappa shape index (κ1) is 17.1. The predicted octanol–water partition coefficient (Wildman–Crippen LogP) is 2.97. The molecule has 1 heterocycles. The zero-order valence-corrected chi connectivity index (χ0v) is 14.3. The first-order valence-corrected chi connectivity index (χ1v) is 8.29. The van der Waals surface area contributed by atoms with E-state index in [2.05, 4.69) is 70.9 Å². The molecule has 1 aromatic carbocycles. The van der Waals surface area contributed by atoms with Crippen LogP contribution >= 0.6 is 0 Å². The second kappa shape index (κ2) is 8.98. The summed E-state index contributed by atoms with van der Waals surface area (Å²) in [7, 11) is 0. The van der Waals surface area contributed by atoms with Gasteiger partial charge in [0.15, 0.2) is 5.96 Å². The molecule has 1 atom stereocenters. The lowest BCUT2D eigenvalue weighted by atomic mass is 10.1. The number of guanidine groups is 1. The highest BCUT2D eigenvalue weighted by Crippen LogP contribution is 2.11.